The summed E-state index contributed by atoms with van der Waals surface area (Å²) in [6.45, 7) is -0.0766. The number of aromatic nitrogens is 3. The molecule has 1 aromatic carbocycles. The van der Waals surface area contributed by atoms with Crippen LogP contribution in [0.5, 0.6) is 0 Å². The molecule has 1 aliphatic rings. The Kier molecular flexibility index (Phi) is 5.24. The van der Waals surface area contributed by atoms with Crippen LogP contribution in [0.15, 0.2) is 54.1 Å². The lowest BCUT2D eigenvalue weighted by molar-refractivity contribution is 0.466. The van der Waals surface area contributed by atoms with Gasteiger partial charge in [-0.3, -0.25) is 4.98 Å². The second kappa shape index (κ2) is 7.73. The highest BCUT2D eigenvalue weighted by molar-refractivity contribution is 7.89. The lowest BCUT2D eigenvalue weighted by atomic mass is 9.98. The zero-order valence-corrected chi connectivity index (χ0v) is 16.7. The van der Waals surface area contributed by atoms with Gasteiger partial charge >= 0.3 is 0 Å². The van der Waals surface area contributed by atoms with Gasteiger partial charge in [0.05, 0.1) is 12.0 Å². The SMILES string of the molecule is Cn1cnc(S(=O)(=O)N2C[C@H](Nc3ccc(F)c(F)c3)[C@@H](c3ncccc3F)C2)c1. The van der Waals surface area contributed by atoms with Crippen LogP contribution < -0.4 is 5.32 Å². The molecule has 30 heavy (non-hydrogen) atoms. The molecule has 0 bridgehead atoms. The Morgan fingerprint density at radius 1 is 1.07 bits per heavy atom. The summed E-state index contributed by atoms with van der Waals surface area (Å²) in [4.78, 5) is 8.00. The van der Waals surface area contributed by atoms with Crippen LogP contribution in [0.25, 0.3) is 0 Å². The molecule has 0 amide bonds. The molecule has 3 aromatic rings. The van der Waals surface area contributed by atoms with Gasteiger partial charge in [-0.1, -0.05) is 0 Å². The van der Waals surface area contributed by atoms with E-state index >= 15 is 0 Å². The van der Waals surface area contributed by atoms with Crippen molar-refractivity contribution in [1.82, 2.24) is 18.8 Å². The van der Waals surface area contributed by atoms with E-state index in [0.29, 0.717) is 0 Å². The van der Waals surface area contributed by atoms with Crippen LogP contribution in [-0.4, -0.2) is 46.4 Å². The largest absolute Gasteiger partial charge is 0.380 e. The summed E-state index contributed by atoms with van der Waals surface area (Å²) in [6.07, 6.45) is 4.17. The highest BCUT2D eigenvalue weighted by Crippen LogP contribution is 2.33. The Labute approximate surface area is 171 Å². The van der Waals surface area contributed by atoms with E-state index in [2.05, 4.69) is 15.3 Å². The van der Waals surface area contributed by atoms with Crippen molar-refractivity contribution in [1.29, 1.82) is 0 Å². The average molecular weight is 437 g/mol. The highest BCUT2D eigenvalue weighted by atomic mass is 32.2. The second-order valence-electron chi connectivity index (χ2n) is 7.06. The summed E-state index contributed by atoms with van der Waals surface area (Å²) in [5, 5.41) is 2.87. The van der Waals surface area contributed by atoms with Crippen molar-refractivity contribution < 1.29 is 21.6 Å². The fourth-order valence-corrected chi connectivity index (χ4v) is 4.97. The van der Waals surface area contributed by atoms with E-state index < -0.39 is 39.4 Å². The average Bonchev–Trinajstić information content (AvgIpc) is 3.32. The van der Waals surface area contributed by atoms with Gasteiger partial charge in [-0.25, -0.2) is 26.6 Å². The van der Waals surface area contributed by atoms with Crippen molar-refractivity contribution in [2.75, 3.05) is 18.4 Å². The first-order chi connectivity index (χ1) is 14.3. The number of sulfonamides is 1. The Bertz CT molecular complexity index is 1180. The maximum absolute atomic E-state index is 14.4. The molecule has 158 valence electrons. The van der Waals surface area contributed by atoms with Crippen molar-refractivity contribution in [2.45, 2.75) is 17.0 Å². The van der Waals surface area contributed by atoms with Crippen LogP contribution in [0.1, 0.15) is 11.6 Å². The highest BCUT2D eigenvalue weighted by Gasteiger charge is 2.42. The van der Waals surface area contributed by atoms with Gasteiger partial charge in [-0.2, -0.15) is 4.31 Å². The molecule has 0 spiro atoms. The molecule has 2 aromatic heterocycles. The Morgan fingerprint density at radius 2 is 1.87 bits per heavy atom. The van der Waals surface area contributed by atoms with Gasteiger partial charge in [0.1, 0.15) is 5.82 Å². The molecule has 1 fully saturated rings. The molecule has 1 N–H and O–H groups in total. The first-order valence-electron chi connectivity index (χ1n) is 9.06. The monoisotopic (exact) mass is 437 g/mol. The lowest BCUT2D eigenvalue weighted by Crippen LogP contribution is -2.32. The molecule has 11 heteroatoms. The number of hydrogen-bond acceptors (Lipinski definition) is 5. The summed E-state index contributed by atoms with van der Waals surface area (Å²) in [5.41, 5.74) is 0.341. The summed E-state index contributed by atoms with van der Waals surface area (Å²) in [7, 11) is -2.29. The summed E-state index contributed by atoms with van der Waals surface area (Å²) in [5.74, 6) is -3.27. The molecule has 3 heterocycles. The van der Waals surface area contributed by atoms with E-state index in [1.54, 1.807) is 7.05 Å². The van der Waals surface area contributed by atoms with Crippen LogP contribution in [0, 0.1) is 17.5 Å². The van der Waals surface area contributed by atoms with Crippen LogP contribution in [0.2, 0.25) is 0 Å². The Hall–Kier alpha value is -2.92. The van der Waals surface area contributed by atoms with Gasteiger partial charge in [0.15, 0.2) is 16.7 Å². The number of pyridine rings is 1. The van der Waals surface area contributed by atoms with E-state index in [9.17, 15) is 21.6 Å². The minimum atomic E-state index is -3.93. The fourth-order valence-electron chi connectivity index (χ4n) is 3.51. The van der Waals surface area contributed by atoms with Gasteiger partial charge in [0, 0.05) is 56.2 Å². The number of rotatable bonds is 5. The Morgan fingerprint density at radius 3 is 2.53 bits per heavy atom. The molecule has 1 aliphatic heterocycles. The number of halogens is 3. The summed E-state index contributed by atoms with van der Waals surface area (Å²) >= 11 is 0. The third-order valence-corrected chi connectivity index (χ3v) is 6.70. The predicted molar refractivity (Wildman–Crippen MR) is 103 cm³/mol. The molecule has 0 aliphatic carbocycles. The lowest BCUT2D eigenvalue weighted by Gasteiger charge is -2.21. The zero-order valence-electron chi connectivity index (χ0n) is 15.8. The molecule has 0 saturated carbocycles. The third-order valence-electron chi connectivity index (χ3n) is 4.98. The van der Waals surface area contributed by atoms with Crippen LogP contribution in [-0.2, 0) is 17.1 Å². The van der Waals surface area contributed by atoms with Gasteiger partial charge in [-0.05, 0) is 24.3 Å². The van der Waals surface area contributed by atoms with E-state index in [1.165, 1.54) is 45.8 Å². The number of benzene rings is 1. The fraction of sp³-hybridized carbons (Fsp3) is 0.263. The van der Waals surface area contributed by atoms with Crippen molar-refractivity contribution in [3.63, 3.8) is 0 Å². The van der Waals surface area contributed by atoms with E-state index in [0.717, 1.165) is 12.1 Å². The van der Waals surface area contributed by atoms with Crippen LogP contribution in [0.4, 0.5) is 18.9 Å². The number of imidazole rings is 1. The molecule has 1 saturated heterocycles. The molecule has 4 rings (SSSR count). The van der Waals surface area contributed by atoms with Gasteiger partial charge in [-0.15, -0.1) is 0 Å². The quantitative estimate of drug-likeness (QED) is 0.664. The first-order valence-corrected chi connectivity index (χ1v) is 10.5. The third kappa shape index (κ3) is 3.77. The number of nitrogens with one attached hydrogen (secondary N) is 1. The van der Waals surface area contributed by atoms with Crippen LogP contribution >= 0.6 is 0 Å². The molecule has 2 atom stereocenters. The number of aryl methyl sites for hydroxylation is 1. The van der Waals surface area contributed by atoms with Crippen molar-refractivity contribution in [3.05, 3.63) is 72.2 Å². The minimum Gasteiger partial charge on any atom is -0.380 e. The Balaban J connectivity index is 1.68. The topological polar surface area (TPSA) is 80.1 Å². The van der Waals surface area contributed by atoms with E-state index in [4.69, 9.17) is 0 Å². The predicted octanol–water partition coefficient (Wildman–Crippen LogP) is 2.50. The summed E-state index contributed by atoms with van der Waals surface area (Å²) in [6, 6.07) is 5.32. The molecular weight excluding hydrogens is 419 g/mol. The van der Waals surface area contributed by atoms with Gasteiger partial charge in [0.2, 0.25) is 0 Å². The number of anilines is 1. The number of hydrogen-bond donors (Lipinski definition) is 1. The maximum Gasteiger partial charge on any atom is 0.262 e. The number of nitrogens with zero attached hydrogens (tertiary/aromatic N) is 4. The minimum absolute atomic E-state index is 0.0292. The van der Waals surface area contributed by atoms with Crippen LogP contribution in [0.3, 0.4) is 0 Å². The second-order valence-corrected chi connectivity index (χ2v) is 8.94. The molecule has 0 unspecified atom stereocenters. The van der Waals surface area contributed by atoms with Crippen molar-refractivity contribution in [2.24, 2.45) is 7.05 Å². The maximum atomic E-state index is 14.4. The van der Waals surface area contributed by atoms with Crippen molar-refractivity contribution in [3.8, 4) is 0 Å². The molecule has 0 radical (unpaired) electrons. The van der Waals surface area contributed by atoms with E-state index in [-0.39, 0.29) is 29.5 Å². The normalized spacial score (nSPS) is 19.9. The molecular formula is C19H18F3N5O2S. The summed E-state index contributed by atoms with van der Waals surface area (Å²) < 4.78 is 70.0. The smallest absolute Gasteiger partial charge is 0.262 e. The van der Waals surface area contributed by atoms with E-state index in [1.807, 2.05) is 0 Å². The molecule has 7 nitrogen and oxygen atoms in total. The van der Waals surface area contributed by atoms with Crippen molar-refractivity contribution >= 4 is 15.7 Å². The standard InChI is InChI=1S/C19H18F3N5O2S/c1-26-10-18(24-11-26)30(28,29)27-8-13(19-15(21)3-2-6-23-19)17(9-27)25-12-4-5-14(20)16(22)7-12/h2-7,10-11,13,17,25H,8-9H2,1H3/t13-,17-/m0/s1. The van der Waals surface area contributed by atoms with Gasteiger partial charge < -0.3 is 9.88 Å². The first kappa shape index (κ1) is 20.4. The zero-order chi connectivity index (χ0) is 21.5. The van der Waals surface area contributed by atoms with Gasteiger partial charge in [0.25, 0.3) is 10.0 Å².